The van der Waals surface area contributed by atoms with Crippen molar-refractivity contribution in [1.29, 1.82) is 0 Å². The van der Waals surface area contributed by atoms with E-state index in [-0.39, 0.29) is 17.1 Å². The molecule has 0 saturated carbocycles. The molecule has 2 N–H and O–H groups in total. The maximum absolute atomic E-state index is 13.2. The van der Waals surface area contributed by atoms with Gasteiger partial charge >= 0.3 is 0 Å². The molecule has 1 rings (SSSR count). The first kappa shape index (κ1) is 15.9. The maximum atomic E-state index is 13.2. The molecule has 0 bridgehead atoms. The summed E-state index contributed by atoms with van der Waals surface area (Å²) < 4.78 is 18.1. The molecule has 1 amide bonds. The number of hydrogen-bond acceptors (Lipinski definition) is 3. The highest BCUT2D eigenvalue weighted by Gasteiger charge is 2.21. The molecular weight excluding hydrogens is 273 g/mol. The summed E-state index contributed by atoms with van der Waals surface area (Å²) in [6.45, 7) is 2.03. The molecule has 1 unspecified atom stereocenters. The monoisotopic (exact) mass is 289 g/mol. The molecule has 1 aromatic rings. The third-order valence-corrected chi connectivity index (χ3v) is 2.96. The first-order chi connectivity index (χ1) is 8.85. The second-order valence-electron chi connectivity index (χ2n) is 4.55. The van der Waals surface area contributed by atoms with Gasteiger partial charge in [0, 0.05) is 32.2 Å². The van der Waals surface area contributed by atoms with Crippen LogP contribution in [-0.2, 0) is 4.74 Å². The van der Waals surface area contributed by atoms with Gasteiger partial charge in [-0.3, -0.25) is 4.79 Å². The predicted molar refractivity (Wildman–Crippen MR) is 70.9 cm³/mol. The van der Waals surface area contributed by atoms with Crippen molar-refractivity contribution in [2.75, 3.05) is 20.3 Å². The quantitative estimate of drug-likeness (QED) is 0.842. The Kier molecular flexibility index (Phi) is 5.72. The molecule has 0 radical (unpaired) electrons. The van der Waals surface area contributed by atoms with Crippen LogP contribution in [-0.4, -0.2) is 36.9 Å². The zero-order chi connectivity index (χ0) is 14.5. The van der Waals surface area contributed by atoms with E-state index in [2.05, 4.69) is 5.32 Å². The van der Waals surface area contributed by atoms with Crippen LogP contribution < -0.4 is 5.32 Å². The fourth-order valence-electron chi connectivity index (χ4n) is 1.42. The van der Waals surface area contributed by atoms with Gasteiger partial charge in [0.1, 0.15) is 5.82 Å². The standard InChI is InChI=1S/C13H17ClFNO3/c1-13(18,5-6-19-2)8-16-12(17)9-3-4-10(14)11(15)7-9/h3-4,7,18H,5-6,8H2,1-2H3,(H,16,17). The summed E-state index contributed by atoms with van der Waals surface area (Å²) in [5.74, 6) is -1.12. The van der Waals surface area contributed by atoms with E-state index in [9.17, 15) is 14.3 Å². The van der Waals surface area contributed by atoms with Crippen LogP contribution in [0.2, 0.25) is 5.02 Å². The van der Waals surface area contributed by atoms with E-state index in [1.807, 2.05) is 0 Å². The van der Waals surface area contributed by atoms with E-state index in [0.717, 1.165) is 6.07 Å². The van der Waals surface area contributed by atoms with Crippen LogP contribution in [0.4, 0.5) is 4.39 Å². The smallest absolute Gasteiger partial charge is 0.251 e. The number of rotatable bonds is 6. The molecule has 0 fully saturated rings. The summed E-state index contributed by atoms with van der Waals surface area (Å²) in [5, 5.41) is 12.5. The van der Waals surface area contributed by atoms with Crippen LogP contribution in [0.5, 0.6) is 0 Å². The Bertz CT molecular complexity index is 452. The maximum Gasteiger partial charge on any atom is 0.251 e. The molecule has 19 heavy (non-hydrogen) atoms. The zero-order valence-corrected chi connectivity index (χ0v) is 11.6. The molecule has 106 valence electrons. The topological polar surface area (TPSA) is 58.6 Å². The number of carbonyl (C=O) groups excluding carboxylic acids is 1. The minimum Gasteiger partial charge on any atom is -0.388 e. The van der Waals surface area contributed by atoms with Gasteiger partial charge in [-0.05, 0) is 25.1 Å². The lowest BCUT2D eigenvalue weighted by molar-refractivity contribution is 0.0243. The molecule has 1 atom stereocenters. The van der Waals surface area contributed by atoms with Crippen molar-refractivity contribution < 1.29 is 19.0 Å². The number of aliphatic hydroxyl groups is 1. The number of hydrogen-bond donors (Lipinski definition) is 2. The minimum absolute atomic E-state index is 0.0383. The second kappa shape index (κ2) is 6.84. The molecule has 0 aliphatic heterocycles. The molecule has 0 saturated heterocycles. The van der Waals surface area contributed by atoms with Gasteiger partial charge < -0.3 is 15.2 Å². The van der Waals surface area contributed by atoms with E-state index < -0.39 is 17.3 Å². The highest BCUT2D eigenvalue weighted by molar-refractivity contribution is 6.30. The Balaban J connectivity index is 2.57. The number of halogens is 2. The van der Waals surface area contributed by atoms with Gasteiger partial charge in [0.25, 0.3) is 5.91 Å². The van der Waals surface area contributed by atoms with Gasteiger partial charge in [0.15, 0.2) is 0 Å². The first-order valence-electron chi connectivity index (χ1n) is 5.80. The van der Waals surface area contributed by atoms with Crippen LogP contribution >= 0.6 is 11.6 Å². The van der Waals surface area contributed by atoms with Crippen LogP contribution in [0.3, 0.4) is 0 Å². The summed E-state index contributed by atoms with van der Waals surface area (Å²) in [4.78, 5) is 11.8. The lowest BCUT2D eigenvalue weighted by atomic mass is 10.0. The number of benzene rings is 1. The first-order valence-corrected chi connectivity index (χ1v) is 6.18. The van der Waals surface area contributed by atoms with Crippen molar-refractivity contribution in [3.05, 3.63) is 34.6 Å². The van der Waals surface area contributed by atoms with Gasteiger partial charge in [-0.2, -0.15) is 0 Å². The fraction of sp³-hybridized carbons (Fsp3) is 0.462. The summed E-state index contributed by atoms with van der Waals surface area (Å²) in [7, 11) is 1.53. The van der Waals surface area contributed by atoms with Crippen molar-refractivity contribution >= 4 is 17.5 Å². The van der Waals surface area contributed by atoms with Crippen molar-refractivity contribution in [3.63, 3.8) is 0 Å². The van der Waals surface area contributed by atoms with E-state index in [0.29, 0.717) is 13.0 Å². The third-order valence-electron chi connectivity index (χ3n) is 2.66. The molecular formula is C13H17ClFNO3. The Hall–Kier alpha value is -1.17. The van der Waals surface area contributed by atoms with Gasteiger partial charge in [0.05, 0.1) is 10.6 Å². The van der Waals surface area contributed by atoms with Crippen molar-refractivity contribution in [1.82, 2.24) is 5.32 Å². The third kappa shape index (κ3) is 5.14. The zero-order valence-electron chi connectivity index (χ0n) is 10.9. The summed E-state index contributed by atoms with van der Waals surface area (Å²) in [6.07, 6.45) is 0.388. The molecule has 0 spiro atoms. The number of nitrogens with one attached hydrogen (secondary N) is 1. The van der Waals surface area contributed by atoms with Crippen LogP contribution in [0, 0.1) is 5.82 Å². The fourth-order valence-corrected chi connectivity index (χ4v) is 1.54. The predicted octanol–water partition coefficient (Wildman–Crippen LogP) is 2.00. The molecule has 0 heterocycles. The summed E-state index contributed by atoms with van der Waals surface area (Å²) >= 11 is 5.53. The van der Waals surface area contributed by atoms with Gasteiger partial charge in [-0.1, -0.05) is 11.6 Å². The van der Waals surface area contributed by atoms with Crippen molar-refractivity contribution in [3.8, 4) is 0 Å². The molecule has 0 aliphatic carbocycles. The number of ether oxygens (including phenoxy) is 1. The lowest BCUT2D eigenvalue weighted by Gasteiger charge is -2.23. The van der Waals surface area contributed by atoms with Crippen LogP contribution in [0.15, 0.2) is 18.2 Å². The van der Waals surface area contributed by atoms with Crippen LogP contribution in [0.1, 0.15) is 23.7 Å². The average molecular weight is 290 g/mol. The minimum atomic E-state index is -1.07. The Morgan fingerprint density at radius 3 is 2.84 bits per heavy atom. The van der Waals surface area contributed by atoms with E-state index in [1.54, 1.807) is 6.92 Å². The van der Waals surface area contributed by atoms with Crippen LogP contribution in [0.25, 0.3) is 0 Å². The summed E-state index contributed by atoms with van der Waals surface area (Å²) in [5.41, 5.74) is -0.916. The Morgan fingerprint density at radius 1 is 1.58 bits per heavy atom. The second-order valence-corrected chi connectivity index (χ2v) is 4.96. The van der Waals surface area contributed by atoms with Gasteiger partial charge in [-0.25, -0.2) is 4.39 Å². The van der Waals surface area contributed by atoms with Crippen molar-refractivity contribution in [2.24, 2.45) is 0 Å². The Morgan fingerprint density at radius 2 is 2.26 bits per heavy atom. The van der Waals surface area contributed by atoms with Gasteiger partial charge in [-0.15, -0.1) is 0 Å². The van der Waals surface area contributed by atoms with E-state index >= 15 is 0 Å². The van der Waals surface area contributed by atoms with Gasteiger partial charge in [0.2, 0.25) is 0 Å². The molecule has 4 nitrogen and oxygen atoms in total. The molecule has 1 aromatic carbocycles. The highest BCUT2D eigenvalue weighted by Crippen LogP contribution is 2.15. The number of methoxy groups -OCH3 is 1. The SMILES string of the molecule is COCCC(C)(O)CNC(=O)c1ccc(Cl)c(F)c1. The normalized spacial score (nSPS) is 13.9. The Labute approximate surface area is 116 Å². The lowest BCUT2D eigenvalue weighted by Crippen LogP contribution is -2.41. The highest BCUT2D eigenvalue weighted by atomic mass is 35.5. The molecule has 0 aliphatic rings. The van der Waals surface area contributed by atoms with E-state index in [4.69, 9.17) is 16.3 Å². The average Bonchev–Trinajstić information content (AvgIpc) is 2.37. The molecule has 0 aromatic heterocycles. The molecule has 6 heteroatoms. The number of carbonyl (C=O) groups is 1. The van der Waals surface area contributed by atoms with Crippen molar-refractivity contribution in [2.45, 2.75) is 18.9 Å². The largest absolute Gasteiger partial charge is 0.388 e. The summed E-state index contributed by atoms with van der Waals surface area (Å²) in [6, 6.07) is 3.79. The number of amides is 1. The van der Waals surface area contributed by atoms with E-state index in [1.165, 1.54) is 19.2 Å².